The van der Waals surface area contributed by atoms with Crippen molar-refractivity contribution >= 4 is 29.0 Å². The molecule has 4 aromatic rings. The van der Waals surface area contributed by atoms with Crippen LogP contribution in [0.25, 0.3) is 0 Å². The van der Waals surface area contributed by atoms with Gasteiger partial charge in [-0.15, -0.1) is 0 Å². The number of halogens is 3. The van der Waals surface area contributed by atoms with Gasteiger partial charge in [-0.25, -0.2) is 4.79 Å². The van der Waals surface area contributed by atoms with Crippen LogP contribution in [0.3, 0.4) is 0 Å². The number of hydrogen-bond acceptors (Lipinski definition) is 3. The number of pyridine rings is 1. The Bertz CT molecular complexity index is 1420. The number of nitrogens with one attached hydrogen (secondary N) is 2. The number of urea groups is 1. The Labute approximate surface area is 210 Å². The molecule has 2 N–H and O–H groups in total. The topological polar surface area (TPSA) is 79.2 Å². The number of benzene rings is 3. The summed E-state index contributed by atoms with van der Waals surface area (Å²) in [7, 11) is 0. The van der Waals surface area contributed by atoms with Crippen LogP contribution in [0.1, 0.15) is 31.8 Å². The molecule has 0 atom stereocenters. The molecule has 0 spiro atoms. The van der Waals surface area contributed by atoms with E-state index in [1.807, 2.05) is 6.07 Å². The highest BCUT2D eigenvalue weighted by Gasteiger charge is 2.30. The van der Waals surface area contributed by atoms with Crippen molar-refractivity contribution < 1.29 is 32.1 Å². The molecule has 1 heterocycles. The van der Waals surface area contributed by atoms with Gasteiger partial charge in [0.25, 0.3) is 0 Å². The average molecular weight is 504 g/mol. The second-order valence-electron chi connectivity index (χ2n) is 8.11. The number of amides is 2. The Morgan fingerprint density at radius 2 is 1.30 bits per heavy atom. The molecule has 0 bridgehead atoms. The molecule has 2 amide bonds. The number of carbonyl (C=O) groups excluding carboxylic acids is 3. The third-order valence-electron chi connectivity index (χ3n) is 5.43. The van der Waals surface area contributed by atoms with E-state index in [9.17, 15) is 27.6 Å². The van der Waals surface area contributed by atoms with Crippen LogP contribution in [-0.2, 0) is 12.7 Å². The minimum absolute atomic E-state index is 0.00682. The number of aromatic nitrogens is 1. The van der Waals surface area contributed by atoms with Gasteiger partial charge in [0.15, 0.2) is 18.2 Å². The van der Waals surface area contributed by atoms with Crippen molar-refractivity contribution in [1.82, 2.24) is 0 Å². The van der Waals surface area contributed by atoms with Crippen LogP contribution < -0.4 is 15.2 Å². The lowest BCUT2D eigenvalue weighted by atomic mass is 10.0. The lowest BCUT2D eigenvalue weighted by molar-refractivity contribution is -0.683. The number of alkyl halides is 3. The third-order valence-corrected chi connectivity index (χ3v) is 5.43. The van der Waals surface area contributed by atoms with Crippen LogP contribution in [-0.4, -0.2) is 17.6 Å². The third kappa shape index (κ3) is 6.66. The van der Waals surface area contributed by atoms with Gasteiger partial charge in [-0.05, 0) is 42.5 Å². The predicted molar refractivity (Wildman–Crippen MR) is 131 cm³/mol. The fourth-order valence-electron chi connectivity index (χ4n) is 3.53. The Hall–Kier alpha value is -4.79. The summed E-state index contributed by atoms with van der Waals surface area (Å²) < 4.78 is 40.2. The van der Waals surface area contributed by atoms with Crippen molar-refractivity contribution in [3.63, 3.8) is 0 Å². The summed E-state index contributed by atoms with van der Waals surface area (Å²) in [5, 5.41) is 4.87. The van der Waals surface area contributed by atoms with E-state index in [4.69, 9.17) is 0 Å². The SMILES string of the molecule is O=C(Nc1ccc(C(=O)C[n+]2ccc(C(=O)c3ccccc3)cc2)cc1)Nc1cccc(C(F)(F)F)c1. The first-order chi connectivity index (χ1) is 17.7. The average Bonchev–Trinajstić information content (AvgIpc) is 2.89. The molecule has 186 valence electrons. The fraction of sp³-hybridized carbons (Fsp3) is 0.0714. The monoisotopic (exact) mass is 504 g/mol. The first kappa shape index (κ1) is 25.3. The zero-order valence-electron chi connectivity index (χ0n) is 19.3. The highest BCUT2D eigenvalue weighted by atomic mass is 19.4. The van der Waals surface area contributed by atoms with Gasteiger partial charge < -0.3 is 10.6 Å². The largest absolute Gasteiger partial charge is 0.416 e. The van der Waals surface area contributed by atoms with Gasteiger partial charge in [-0.1, -0.05) is 36.4 Å². The van der Waals surface area contributed by atoms with Gasteiger partial charge in [0.05, 0.1) is 5.56 Å². The van der Waals surface area contributed by atoms with Gasteiger partial charge in [-0.3, -0.25) is 9.59 Å². The molecule has 0 aliphatic carbocycles. The van der Waals surface area contributed by atoms with E-state index in [-0.39, 0.29) is 23.8 Å². The number of rotatable bonds is 7. The van der Waals surface area contributed by atoms with Crippen molar-refractivity contribution in [2.24, 2.45) is 0 Å². The van der Waals surface area contributed by atoms with Crippen molar-refractivity contribution in [1.29, 1.82) is 0 Å². The zero-order valence-corrected chi connectivity index (χ0v) is 19.3. The Kier molecular flexibility index (Phi) is 7.43. The number of nitrogens with zero attached hydrogens (tertiary/aromatic N) is 1. The lowest BCUT2D eigenvalue weighted by Crippen LogP contribution is -2.37. The van der Waals surface area contributed by atoms with Crippen LogP contribution in [0.2, 0.25) is 0 Å². The van der Waals surface area contributed by atoms with Gasteiger partial charge in [-0.2, -0.15) is 17.7 Å². The van der Waals surface area contributed by atoms with Crippen molar-refractivity contribution in [2.75, 3.05) is 10.6 Å². The molecule has 0 aliphatic rings. The van der Waals surface area contributed by atoms with E-state index < -0.39 is 17.8 Å². The lowest BCUT2D eigenvalue weighted by Gasteiger charge is -2.11. The van der Waals surface area contributed by atoms with Crippen LogP contribution in [0.15, 0.2) is 103 Å². The maximum absolute atomic E-state index is 12.8. The second kappa shape index (κ2) is 10.9. The number of anilines is 2. The smallest absolute Gasteiger partial charge is 0.308 e. The summed E-state index contributed by atoms with van der Waals surface area (Å²) in [6.07, 6.45) is -1.21. The van der Waals surface area contributed by atoms with Crippen LogP contribution in [0, 0.1) is 0 Å². The van der Waals surface area contributed by atoms with Gasteiger partial charge in [0, 0.05) is 40.2 Å². The van der Waals surface area contributed by atoms with Crippen molar-refractivity contribution in [3.05, 3.63) is 126 Å². The molecule has 4 rings (SSSR count). The number of ketones is 2. The molecule has 0 saturated carbocycles. The molecule has 0 unspecified atom stereocenters. The molecule has 0 fully saturated rings. The summed E-state index contributed by atoms with van der Waals surface area (Å²) in [6.45, 7) is 0.0443. The van der Waals surface area contributed by atoms with Gasteiger partial charge in [0.1, 0.15) is 0 Å². The van der Waals surface area contributed by atoms with E-state index in [0.29, 0.717) is 22.4 Å². The quantitative estimate of drug-likeness (QED) is 0.249. The Morgan fingerprint density at radius 3 is 1.95 bits per heavy atom. The summed E-state index contributed by atoms with van der Waals surface area (Å²) in [5.74, 6) is -0.300. The van der Waals surface area contributed by atoms with E-state index in [1.54, 1.807) is 53.4 Å². The number of Topliss-reactive ketones (excluding diaryl/α,β-unsaturated/α-hetero) is 1. The molecule has 0 radical (unpaired) electrons. The number of carbonyl (C=O) groups is 3. The molecule has 0 aliphatic heterocycles. The molecule has 1 aromatic heterocycles. The van der Waals surface area contributed by atoms with Crippen LogP contribution >= 0.6 is 0 Å². The molecule has 37 heavy (non-hydrogen) atoms. The molecule has 0 saturated heterocycles. The molecule has 6 nitrogen and oxygen atoms in total. The Morgan fingerprint density at radius 1 is 0.676 bits per heavy atom. The summed E-state index contributed by atoms with van der Waals surface area (Å²) >= 11 is 0. The van der Waals surface area contributed by atoms with Crippen LogP contribution in [0.5, 0.6) is 0 Å². The van der Waals surface area contributed by atoms with Gasteiger partial charge in [0.2, 0.25) is 12.3 Å². The van der Waals surface area contributed by atoms with Crippen molar-refractivity contribution in [2.45, 2.75) is 12.7 Å². The first-order valence-electron chi connectivity index (χ1n) is 11.2. The first-order valence-corrected chi connectivity index (χ1v) is 11.2. The molecular weight excluding hydrogens is 483 g/mol. The van der Waals surface area contributed by atoms with Crippen LogP contribution in [0.4, 0.5) is 29.3 Å². The van der Waals surface area contributed by atoms with E-state index in [0.717, 1.165) is 12.1 Å². The Balaban J connectivity index is 1.33. The van der Waals surface area contributed by atoms with E-state index in [1.165, 1.54) is 36.4 Å². The van der Waals surface area contributed by atoms with E-state index in [2.05, 4.69) is 10.6 Å². The maximum atomic E-state index is 12.8. The highest BCUT2D eigenvalue weighted by molar-refractivity contribution is 6.08. The minimum Gasteiger partial charge on any atom is -0.308 e. The highest BCUT2D eigenvalue weighted by Crippen LogP contribution is 2.30. The summed E-state index contributed by atoms with van der Waals surface area (Å²) in [6, 6.07) is 21.9. The second-order valence-corrected chi connectivity index (χ2v) is 8.11. The normalized spacial score (nSPS) is 11.0. The molecular formula is C28H21F3N3O3+. The van der Waals surface area contributed by atoms with Crippen molar-refractivity contribution in [3.8, 4) is 0 Å². The minimum atomic E-state index is -4.52. The summed E-state index contributed by atoms with van der Waals surface area (Å²) in [4.78, 5) is 37.3. The summed E-state index contributed by atoms with van der Waals surface area (Å²) in [5.41, 5.74) is 0.969. The fourth-order valence-corrected chi connectivity index (χ4v) is 3.53. The molecule has 3 aromatic carbocycles. The van der Waals surface area contributed by atoms with E-state index >= 15 is 0 Å². The standard InChI is InChI=1S/C28H20F3N3O3/c29-28(30,31)22-7-4-8-24(17-22)33-27(37)32-23-11-9-19(10-12-23)25(35)18-34-15-13-21(14-16-34)26(36)20-5-2-1-3-6-20/h1-17H,18H2,(H-,32,33,35,37)/p+1. The predicted octanol–water partition coefficient (Wildman–Crippen LogP) is 5.75. The maximum Gasteiger partial charge on any atom is 0.416 e. The molecule has 9 heteroatoms. The zero-order chi connectivity index (χ0) is 26.4. The number of hydrogen-bond donors (Lipinski definition) is 2. The van der Waals surface area contributed by atoms with Gasteiger partial charge >= 0.3 is 12.2 Å².